The third kappa shape index (κ3) is 3.74. The Morgan fingerprint density at radius 3 is 2.83 bits per heavy atom. The topological polar surface area (TPSA) is 53.5 Å². The molecule has 0 bridgehead atoms. The van der Waals surface area contributed by atoms with Crippen molar-refractivity contribution in [3.05, 3.63) is 29.3 Å². The van der Waals surface area contributed by atoms with Gasteiger partial charge in [0.25, 0.3) is 5.91 Å². The molecule has 2 rings (SSSR count). The fraction of sp³-hybridized carbons (Fsp3) is 0.385. The van der Waals surface area contributed by atoms with Gasteiger partial charge in [-0.05, 0) is 37.8 Å². The maximum absolute atomic E-state index is 11.6. The summed E-state index contributed by atoms with van der Waals surface area (Å²) in [5, 5.41) is 7.63. The Kier molecular flexibility index (Phi) is 4.20. The van der Waals surface area contributed by atoms with Crippen LogP contribution < -0.4 is 10.7 Å². The molecule has 0 aliphatic heterocycles. The number of hydrogen-bond acceptors (Lipinski definition) is 3. The van der Waals surface area contributed by atoms with Gasteiger partial charge in [-0.15, -0.1) is 0 Å². The van der Waals surface area contributed by atoms with Crippen molar-refractivity contribution in [3.63, 3.8) is 0 Å². The molecule has 18 heavy (non-hydrogen) atoms. The number of carbonyl (C=O) groups is 1. The molecule has 1 aromatic rings. The van der Waals surface area contributed by atoms with Crippen LogP contribution in [0.3, 0.4) is 0 Å². The smallest absolute Gasteiger partial charge is 0.259 e. The molecule has 1 amide bonds. The van der Waals surface area contributed by atoms with Crippen molar-refractivity contribution in [2.75, 3.05) is 11.9 Å². The molecule has 0 spiro atoms. The molecule has 0 heterocycles. The van der Waals surface area contributed by atoms with E-state index in [2.05, 4.69) is 15.8 Å². The van der Waals surface area contributed by atoms with E-state index in [9.17, 15) is 4.79 Å². The Morgan fingerprint density at radius 2 is 2.17 bits per heavy atom. The van der Waals surface area contributed by atoms with Crippen LogP contribution in [-0.2, 0) is 4.79 Å². The van der Waals surface area contributed by atoms with Crippen molar-refractivity contribution in [2.24, 2.45) is 11.0 Å². The first-order valence-electron chi connectivity index (χ1n) is 5.98. The summed E-state index contributed by atoms with van der Waals surface area (Å²) in [5.41, 5.74) is 4.29. The van der Waals surface area contributed by atoms with Crippen LogP contribution >= 0.6 is 11.6 Å². The van der Waals surface area contributed by atoms with Crippen molar-refractivity contribution in [3.8, 4) is 0 Å². The molecule has 1 aliphatic rings. The van der Waals surface area contributed by atoms with Crippen LogP contribution in [0.15, 0.2) is 29.4 Å². The fourth-order valence-electron chi connectivity index (χ4n) is 1.56. The Bertz CT molecular complexity index is 469. The minimum Gasteiger partial charge on any atom is -0.375 e. The predicted octanol–water partition coefficient (Wildman–Crippen LogP) is 2.65. The van der Waals surface area contributed by atoms with Crippen LogP contribution in [0.5, 0.6) is 0 Å². The lowest BCUT2D eigenvalue weighted by Gasteiger charge is -2.07. The van der Waals surface area contributed by atoms with Crippen molar-refractivity contribution in [1.29, 1.82) is 0 Å². The first-order chi connectivity index (χ1) is 8.66. The molecular formula is C13H16ClN3O. The van der Waals surface area contributed by atoms with Crippen molar-refractivity contribution in [2.45, 2.75) is 19.8 Å². The molecule has 0 saturated heterocycles. The molecule has 1 fully saturated rings. The van der Waals surface area contributed by atoms with Crippen molar-refractivity contribution in [1.82, 2.24) is 5.43 Å². The lowest BCUT2D eigenvalue weighted by molar-refractivity contribution is -0.119. The molecule has 4 nitrogen and oxygen atoms in total. The van der Waals surface area contributed by atoms with Gasteiger partial charge in [0.1, 0.15) is 0 Å². The van der Waals surface area contributed by atoms with Gasteiger partial charge < -0.3 is 5.32 Å². The Hall–Kier alpha value is -1.55. The summed E-state index contributed by atoms with van der Waals surface area (Å²) in [6.07, 6.45) is 2.37. The molecular weight excluding hydrogens is 250 g/mol. The van der Waals surface area contributed by atoms with Crippen LogP contribution in [0.4, 0.5) is 5.69 Å². The molecule has 0 atom stereocenters. The van der Waals surface area contributed by atoms with Crippen LogP contribution in [0.2, 0.25) is 5.02 Å². The van der Waals surface area contributed by atoms with Gasteiger partial charge in [0, 0.05) is 5.71 Å². The van der Waals surface area contributed by atoms with E-state index in [0.717, 1.165) is 11.4 Å². The number of hydrogen-bond donors (Lipinski definition) is 2. The fourth-order valence-corrected chi connectivity index (χ4v) is 1.77. The number of nitrogens with zero attached hydrogens (tertiary/aromatic N) is 1. The SMILES string of the molecule is CC(=NNC(=O)CNc1ccccc1Cl)C1CC1. The highest BCUT2D eigenvalue weighted by Gasteiger charge is 2.24. The summed E-state index contributed by atoms with van der Waals surface area (Å²) < 4.78 is 0. The minimum absolute atomic E-state index is 0.158. The first kappa shape index (κ1) is 12.9. The number of halogens is 1. The highest BCUT2D eigenvalue weighted by Crippen LogP contribution is 2.30. The summed E-state index contributed by atoms with van der Waals surface area (Å²) in [6, 6.07) is 7.31. The van der Waals surface area contributed by atoms with E-state index in [1.165, 1.54) is 12.8 Å². The maximum atomic E-state index is 11.6. The number of anilines is 1. The van der Waals surface area contributed by atoms with E-state index < -0.39 is 0 Å². The average Bonchev–Trinajstić information content (AvgIpc) is 3.19. The zero-order valence-corrected chi connectivity index (χ0v) is 11.0. The minimum atomic E-state index is -0.171. The molecule has 0 radical (unpaired) electrons. The van der Waals surface area contributed by atoms with E-state index in [1.807, 2.05) is 25.1 Å². The second-order valence-corrected chi connectivity index (χ2v) is 4.80. The normalized spacial score (nSPS) is 15.3. The molecule has 96 valence electrons. The monoisotopic (exact) mass is 265 g/mol. The summed E-state index contributed by atoms with van der Waals surface area (Å²) in [5.74, 6) is 0.400. The van der Waals surface area contributed by atoms with Gasteiger partial charge in [0.05, 0.1) is 17.3 Å². The molecule has 2 N–H and O–H groups in total. The van der Waals surface area contributed by atoms with E-state index in [4.69, 9.17) is 11.6 Å². The summed E-state index contributed by atoms with van der Waals surface area (Å²) in [6.45, 7) is 2.10. The quantitative estimate of drug-likeness (QED) is 0.635. The first-order valence-corrected chi connectivity index (χ1v) is 6.36. The maximum Gasteiger partial charge on any atom is 0.259 e. The van der Waals surface area contributed by atoms with E-state index in [0.29, 0.717) is 10.9 Å². The highest BCUT2D eigenvalue weighted by atomic mass is 35.5. The largest absolute Gasteiger partial charge is 0.375 e. The Morgan fingerprint density at radius 1 is 1.44 bits per heavy atom. The number of amides is 1. The van der Waals surface area contributed by atoms with Gasteiger partial charge >= 0.3 is 0 Å². The molecule has 1 saturated carbocycles. The Balaban J connectivity index is 1.78. The Labute approximate surface area is 111 Å². The lowest BCUT2D eigenvalue weighted by Crippen LogP contribution is -2.26. The molecule has 1 aliphatic carbocycles. The van der Waals surface area contributed by atoms with Gasteiger partial charge in [0.15, 0.2) is 0 Å². The van der Waals surface area contributed by atoms with Crippen LogP contribution in [-0.4, -0.2) is 18.2 Å². The van der Waals surface area contributed by atoms with E-state index in [1.54, 1.807) is 6.07 Å². The van der Waals surface area contributed by atoms with Crippen LogP contribution in [0.25, 0.3) is 0 Å². The van der Waals surface area contributed by atoms with E-state index in [-0.39, 0.29) is 12.5 Å². The number of para-hydroxylation sites is 1. The van der Waals surface area contributed by atoms with Gasteiger partial charge in [-0.25, -0.2) is 5.43 Å². The third-order valence-corrected chi connectivity index (χ3v) is 3.17. The van der Waals surface area contributed by atoms with Crippen LogP contribution in [0, 0.1) is 5.92 Å². The predicted molar refractivity (Wildman–Crippen MR) is 73.9 cm³/mol. The van der Waals surface area contributed by atoms with Crippen molar-refractivity contribution < 1.29 is 4.79 Å². The number of carbonyl (C=O) groups excluding carboxylic acids is 1. The van der Waals surface area contributed by atoms with E-state index >= 15 is 0 Å². The highest BCUT2D eigenvalue weighted by molar-refractivity contribution is 6.33. The van der Waals surface area contributed by atoms with Crippen LogP contribution in [0.1, 0.15) is 19.8 Å². The zero-order chi connectivity index (χ0) is 13.0. The molecule has 0 unspecified atom stereocenters. The summed E-state index contributed by atoms with van der Waals surface area (Å²) in [7, 11) is 0. The van der Waals surface area contributed by atoms with Crippen molar-refractivity contribution >= 4 is 28.9 Å². The third-order valence-electron chi connectivity index (χ3n) is 2.84. The molecule has 5 heteroatoms. The number of rotatable bonds is 5. The number of benzene rings is 1. The second kappa shape index (κ2) is 5.87. The van der Waals surface area contributed by atoms with Gasteiger partial charge in [-0.3, -0.25) is 4.79 Å². The lowest BCUT2D eigenvalue weighted by atomic mass is 10.3. The average molecular weight is 266 g/mol. The number of nitrogens with one attached hydrogen (secondary N) is 2. The second-order valence-electron chi connectivity index (χ2n) is 4.40. The summed E-state index contributed by atoms with van der Waals surface area (Å²) in [4.78, 5) is 11.6. The standard InChI is InChI=1S/C13H16ClN3O/c1-9(10-6-7-10)16-17-13(18)8-15-12-5-3-2-4-11(12)14/h2-5,10,15H,6-8H2,1H3,(H,17,18). The molecule has 1 aromatic carbocycles. The summed E-state index contributed by atoms with van der Waals surface area (Å²) >= 11 is 5.96. The van der Waals surface area contributed by atoms with Gasteiger partial charge in [-0.1, -0.05) is 23.7 Å². The van der Waals surface area contributed by atoms with Gasteiger partial charge in [0.2, 0.25) is 0 Å². The molecule has 0 aromatic heterocycles. The zero-order valence-electron chi connectivity index (χ0n) is 10.2. The number of hydrazone groups is 1. The van der Waals surface area contributed by atoms with Gasteiger partial charge in [-0.2, -0.15) is 5.10 Å².